The molecule has 0 saturated carbocycles. The van der Waals surface area contributed by atoms with Crippen molar-refractivity contribution in [2.24, 2.45) is 5.16 Å². The number of carboxylic acids is 1. The van der Waals surface area contributed by atoms with Gasteiger partial charge in [0.2, 0.25) is 0 Å². The normalized spacial score (nSPS) is 11.9. The topological polar surface area (TPSA) is 70.9 Å². The van der Waals surface area contributed by atoms with E-state index in [1.165, 1.54) is 12.1 Å². The van der Waals surface area contributed by atoms with Crippen LogP contribution in [0.15, 0.2) is 78.0 Å². The maximum atomic E-state index is 13.3. The zero-order valence-corrected chi connectivity index (χ0v) is 18.6. The molecule has 178 valence electrons. The molecule has 0 saturated heterocycles. The highest BCUT2D eigenvalue weighted by atomic mass is 19.4. The summed E-state index contributed by atoms with van der Waals surface area (Å²) in [6.45, 7) is 2.98. The second kappa shape index (κ2) is 11.5. The van der Waals surface area contributed by atoms with Gasteiger partial charge in [-0.1, -0.05) is 71.9 Å². The first-order valence-corrected chi connectivity index (χ1v) is 10.7. The van der Waals surface area contributed by atoms with E-state index >= 15 is 0 Å². The number of aliphatic carboxylic acids is 1. The van der Waals surface area contributed by atoms with Crippen molar-refractivity contribution in [3.63, 3.8) is 0 Å². The fourth-order valence-corrected chi connectivity index (χ4v) is 3.31. The minimum atomic E-state index is -4.42. The lowest BCUT2D eigenvalue weighted by atomic mass is 9.98. The van der Waals surface area contributed by atoms with Crippen LogP contribution in [-0.2, 0) is 29.0 Å². The molecule has 0 amide bonds. The second-order valence-corrected chi connectivity index (χ2v) is 7.71. The van der Waals surface area contributed by atoms with Gasteiger partial charge in [0, 0.05) is 13.1 Å². The van der Waals surface area contributed by atoms with E-state index in [-0.39, 0.29) is 18.6 Å². The lowest BCUT2D eigenvalue weighted by molar-refractivity contribution is -0.137. The summed E-state index contributed by atoms with van der Waals surface area (Å²) < 4.78 is 39.8. The van der Waals surface area contributed by atoms with E-state index in [0.717, 1.165) is 22.8 Å². The van der Waals surface area contributed by atoms with Crippen LogP contribution in [0.3, 0.4) is 0 Å². The van der Waals surface area contributed by atoms with Crippen LogP contribution in [0, 0.1) is 0 Å². The highest BCUT2D eigenvalue weighted by Crippen LogP contribution is 2.36. The molecule has 3 rings (SSSR count). The summed E-state index contributed by atoms with van der Waals surface area (Å²) >= 11 is 0. The van der Waals surface area contributed by atoms with E-state index in [9.17, 15) is 18.0 Å². The van der Waals surface area contributed by atoms with Gasteiger partial charge in [-0.2, -0.15) is 13.2 Å². The van der Waals surface area contributed by atoms with Gasteiger partial charge in [0.1, 0.15) is 6.61 Å². The lowest BCUT2D eigenvalue weighted by Crippen LogP contribution is -2.17. The highest BCUT2D eigenvalue weighted by molar-refractivity contribution is 5.98. The van der Waals surface area contributed by atoms with Gasteiger partial charge in [0.25, 0.3) is 0 Å². The number of carbonyl (C=O) groups is 1. The summed E-state index contributed by atoms with van der Waals surface area (Å²) in [5.74, 6) is -0.836. The van der Waals surface area contributed by atoms with E-state index in [2.05, 4.69) is 10.5 Å². The molecule has 3 aromatic rings. The summed E-state index contributed by atoms with van der Waals surface area (Å²) in [6, 6.07) is 19.9. The number of oxime groups is 1. The van der Waals surface area contributed by atoms with Gasteiger partial charge < -0.3 is 15.3 Å². The summed E-state index contributed by atoms with van der Waals surface area (Å²) in [4.78, 5) is 16.0. The fourth-order valence-electron chi connectivity index (χ4n) is 3.31. The van der Waals surface area contributed by atoms with Crippen molar-refractivity contribution in [3.05, 3.63) is 95.1 Å². The summed E-state index contributed by atoms with van der Waals surface area (Å²) in [6.07, 6.45) is -4.34. The largest absolute Gasteiger partial charge is 0.481 e. The van der Waals surface area contributed by atoms with Gasteiger partial charge in [0.05, 0.1) is 17.7 Å². The van der Waals surface area contributed by atoms with Crippen molar-refractivity contribution in [2.75, 3.05) is 6.54 Å². The molecule has 34 heavy (non-hydrogen) atoms. The van der Waals surface area contributed by atoms with Gasteiger partial charge >= 0.3 is 12.1 Å². The Labute approximate surface area is 195 Å². The molecular formula is C26H25F3N2O3. The lowest BCUT2D eigenvalue weighted by Gasteiger charge is -2.13. The van der Waals surface area contributed by atoms with E-state index in [1.54, 1.807) is 30.3 Å². The third-order valence-corrected chi connectivity index (χ3v) is 5.15. The Morgan fingerprint density at radius 3 is 2.26 bits per heavy atom. The molecule has 0 radical (unpaired) electrons. The van der Waals surface area contributed by atoms with E-state index < -0.39 is 17.7 Å². The van der Waals surface area contributed by atoms with E-state index in [1.807, 2.05) is 31.2 Å². The van der Waals surface area contributed by atoms with Gasteiger partial charge in [0.15, 0.2) is 0 Å². The van der Waals surface area contributed by atoms with Gasteiger partial charge in [-0.25, -0.2) is 0 Å². The second-order valence-electron chi connectivity index (χ2n) is 7.71. The molecule has 0 spiro atoms. The van der Waals surface area contributed by atoms with Crippen molar-refractivity contribution < 1.29 is 27.9 Å². The average molecular weight is 470 g/mol. The first-order valence-electron chi connectivity index (χ1n) is 10.7. The maximum Gasteiger partial charge on any atom is 0.417 e. The summed E-state index contributed by atoms with van der Waals surface area (Å²) in [5, 5.41) is 15.8. The minimum Gasteiger partial charge on any atom is -0.481 e. The zero-order valence-electron chi connectivity index (χ0n) is 18.6. The number of rotatable bonds is 10. The SMILES string of the molecule is C/C(=N\OCc1ccc(-c2ccccc2C(F)(F)F)cc1)c1ccc(CNCCC(=O)O)cc1. The van der Waals surface area contributed by atoms with Crippen LogP contribution >= 0.6 is 0 Å². The maximum absolute atomic E-state index is 13.3. The Bertz CT molecular complexity index is 1130. The Balaban J connectivity index is 1.55. The first kappa shape index (κ1) is 25.0. The molecule has 0 atom stereocenters. The standard InChI is InChI=1S/C26H25F3N2O3/c1-18(21-10-6-19(7-11-21)16-30-15-14-25(32)33)31-34-17-20-8-12-22(13-9-20)23-4-2-3-5-24(23)26(27,28)29/h2-13,30H,14-17H2,1H3,(H,32,33)/b31-18+. The van der Waals surface area contributed by atoms with E-state index in [4.69, 9.17) is 9.94 Å². The number of benzene rings is 3. The Hall–Kier alpha value is -3.65. The van der Waals surface area contributed by atoms with Crippen molar-refractivity contribution in [1.29, 1.82) is 0 Å². The molecule has 5 nitrogen and oxygen atoms in total. The van der Waals surface area contributed by atoms with Crippen LogP contribution in [0.5, 0.6) is 0 Å². The van der Waals surface area contributed by atoms with Crippen LogP contribution in [0.25, 0.3) is 11.1 Å². The molecular weight excluding hydrogens is 445 g/mol. The van der Waals surface area contributed by atoms with Crippen LogP contribution in [0.1, 0.15) is 35.6 Å². The Morgan fingerprint density at radius 1 is 0.971 bits per heavy atom. The molecule has 3 aromatic carbocycles. The zero-order chi connectivity index (χ0) is 24.6. The number of hydrogen-bond acceptors (Lipinski definition) is 4. The third kappa shape index (κ3) is 7.18. The number of halogens is 3. The number of alkyl halides is 3. The monoisotopic (exact) mass is 470 g/mol. The number of hydrogen-bond donors (Lipinski definition) is 2. The molecule has 0 unspecified atom stereocenters. The third-order valence-electron chi connectivity index (χ3n) is 5.15. The molecule has 0 aliphatic heterocycles. The summed E-state index contributed by atoms with van der Waals surface area (Å²) in [5.41, 5.74) is 3.32. The van der Waals surface area contributed by atoms with Gasteiger partial charge in [-0.05, 0) is 40.8 Å². The average Bonchev–Trinajstić information content (AvgIpc) is 2.82. The van der Waals surface area contributed by atoms with Crippen molar-refractivity contribution in [3.8, 4) is 11.1 Å². The van der Waals surface area contributed by atoms with Gasteiger partial charge in [-0.3, -0.25) is 4.79 Å². The van der Waals surface area contributed by atoms with Crippen LogP contribution < -0.4 is 5.32 Å². The molecule has 0 aromatic heterocycles. The van der Waals surface area contributed by atoms with Crippen molar-refractivity contribution >= 4 is 11.7 Å². The molecule has 8 heteroatoms. The van der Waals surface area contributed by atoms with E-state index in [0.29, 0.717) is 24.4 Å². The van der Waals surface area contributed by atoms with Crippen LogP contribution in [0.4, 0.5) is 13.2 Å². The fraction of sp³-hybridized carbons (Fsp3) is 0.231. The number of carboxylic acid groups (broad SMARTS) is 1. The number of nitrogens with zero attached hydrogens (tertiary/aromatic N) is 1. The molecule has 0 bridgehead atoms. The first-order chi connectivity index (χ1) is 16.2. The molecule has 0 aliphatic rings. The molecule has 2 N–H and O–H groups in total. The molecule has 0 aliphatic carbocycles. The highest BCUT2D eigenvalue weighted by Gasteiger charge is 2.33. The summed E-state index contributed by atoms with van der Waals surface area (Å²) in [7, 11) is 0. The Morgan fingerprint density at radius 2 is 1.62 bits per heavy atom. The van der Waals surface area contributed by atoms with Crippen LogP contribution in [0.2, 0.25) is 0 Å². The van der Waals surface area contributed by atoms with Gasteiger partial charge in [-0.15, -0.1) is 0 Å². The Kier molecular flexibility index (Phi) is 8.43. The smallest absolute Gasteiger partial charge is 0.417 e. The predicted octanol–water partition coefficient (Wildman–Crippen LogP) is 5.88. The minimum absolute atomic E-state index is 0.0742. The van der Waals surface area contributed by atoms with Crippen molar-refractivity contribution in [2.45, 2.75) is 32.7 Å². The molecule has 0 heterocycles. The molecule has 0 fully saturated rings. The number of nitrogens with one attached hydrogen (secondary N) is 1. The van der Waals surface area contributed by atoms with Crippen molar-refractivity contribution in [1.82, 2.24) is 5.32 Å². The van der Waals surface area contributed by atoms with Crippen LogP contribution in [-0.4, -0.2) is 23.3 Å². The predicted molar refractivity (Wildman–Crippen MR) is 124 cm³/mol. The quantitative estimate of drug-likeness (QED) is 0.221.